The number of hydrogen-bond acceptors (Lipinski definition) is 3. The summed E-state index contributed by atoms with van der Waals surface area (Å²) in [4.78, 5) is 10.8. The Morgan fingerprint density at radius 1 is 1.31 bits per heavy atom. The second-order valence-corrected chi connectivity index (χ2v) is 3.81. The van der Waals surface area contributed by atoms with Crippen LogP contribution in [0.1, 0.15) is 25.3 Å². The molecule has 1 unspecified atom stereocenters. The minimum absolute atomic E-state index is 0.0824. The molecule has 0 amide bonds. The van der Waals surface area contributed by atoms with E-state index in [4.69, 9.17) is 14.9 Å². The van der Waals surface area contributed by atoms with E-state index in [-0.39, 0.29) is 6.10 Å². The van der Waals surface area contributed by atoms with E-state index in [2.05, 4.69) is 0 Å². The van der Waals surface area contributed by atoms with E-state index < -0.39 is 18.5 Å². The third-order valence-corrected chi connectivity index (χ3v) is 2.13. The Labute approximate surface area is 94.5 Å². The highest BCUT2D eigenvalue weighted by atomic mass is 16.5. The van der Waals surface area contributed by atoms with Crippen molar-refractivity contribution < 1.29 is 19.7 Å². The molecule has 4 heteroatoms. The van der Waals surface area contributed by atoms with E-state index in [1.165, 1.54) is 0 Å². The fraction of sp³-hybridized carbons (Fsp3) is 0.417. The maximum absolute atomic E-state index is 10.8. The molecule has 0 aliphatic carbocycles. The molecule has 0 aliphatic heterocycles. The molecule has 0 spiro atoms. The Balaban J connectivity index is 2.81. The Hall–Kier alpha value is -1.55. The smallest absolute Gasteiger partial charge is 0.313 e. The first-order valence-corrected chi connectivity index (χ1v) is 5.15. The minimum atomic E-state index is -1.03. The van der Waals surface area contributed by atoms with Gasteiger partial charge in [-0.15, -0.1) is 0 Å². The van der Waals surface area contributed by atoms with Crippen molar-refractivity contribution in [1.29, 1.82) is 0 Å². The SMILES string of the molecule is CC(C)Oc1ccc(C(CO)C(=O)O)cc1. The highest BCUT2D eigenvalue weighted by molar-refractivity contribution is 5.76. The number of ether oxygens (including phenoxy) is 1. The molecule has 1 aromatic carbocycles. The quantitative estimate of drug-likeness (QED) is 0.797. The lowest BCUT2D eigenvalue weighted by Gasteiger charge is -2.12. The number of benzene rings is 1. The Morgan fingerprint density at radius 2 is 1.88 bits per heavy atom. The molecule has 0 fully saturated rings. The Morgan fingerprint density at radius 3 is 2.25 bits per heavy atom. The van der Waals surface area contributed by atoms with Crippen LogP contribution in [0.25, 0.3) is 0 Å². The number of carbonyl (C=O) groups is 1. The van der Waals surface area contributed by atoms with Crippen LogP contribution < -0.4 is 4.74 Å². The highest BCUT2D eigenvalue weighted by Gasteiger charge is 2.18. The number of aliphatic hydroxyl groups is 1. The molecule has 1 aromatic rings. The first kappa shape index (κ1) is 12.5. The fourth-order valence-corrected chi connectivity index (χ4v) is 1.38. The van der Waals surface area contributed by atoms with Crippen LogP contribution in [0.2, 0.25) is 0 Å². The standard InChI is InChI=1S/C12H16O4/c1-8(2)16-10-5-3-9(4-6-10)11(7-13)12(14)15/h3-6,8,11,13H,7H2,1-2H3,(H,14,15). The third-order valence-electron chi connectivity index (χ3n) is 2.13. The van der Waals surface area contributed by atoms with Crippen molar-refractivity contribution in [3.63, 3.8) is 0 Å². The lowest BCUT2D eigenvalue weighted by Crippen LogP contribution is -2.15. The fourth-order valence-electron chi connectivity index (χ4n) is 1.38. The number of carboxylic acids is 1. The van der Waals surface area contributed by atoms with Crippen LogP contribution in [0, 0.1) is 0 Å². The molecule has 0 aromatic heterocycles. The van der Waals surface area contributed by atoms with E-state index in [1.54, 1.807) is 24.3 Å². The molecule has 0 aliphatic rings. The first-order chi connectivity index (χ1) is 7.54. The number of aliphatic hydroxyl groups excluding tert-OH is 1. The molecular formula is C12H16O4. The summed E-state index contributed by atoms with van der Waals surface area (Å²) in [5, 5.41) is 17.8. The molecule has 0 radical (unpaired) electrons. The largest absolute Gasteiger partial charge is 0.491 e. The van der Waals surface area contributed by atoms with E-state index in [9.17, 15) is 4.79 Å². The first-order valence-electron chi connectivity index (χ1n) is 5.15. The summed E-state index contributed by atoms with van der Waals surface area (Å²) in [5.41, 5.74) is 0.575. The zero-order valence-electron chi connectivity index (χ0n) is 9.38. The summed E-state index contributed by atoms with van der Waals surface area (Å²) < 4.78 is 5.43. The monoisotopic (exact) mass is 224 g/mol. The summed E-state index contributed by atoms with van der Waals surface area (Å²) >= 11 is 0. The molecule has 1 rings (SSSR count). The average Bonchev–Trinajstić information content (AvgIpc) is 2.20. The molecule has 1 atom stereocenters. The maximum atomic E-state index is 10.8. The van der Waals surface area contributed by atoms with Gasteiger partial charge in [-0.3, -0.25) is 4.79 Å². The van der Waals surface area contributed by atoms with Crippen LogP contribution in [-0.4, -0.2) is 28.9 Å². The van der Waals surface area contributed by atoms with Crippen molar-refractivity contribution in [1.82, 2.24) is 0 Å². The van der Waals surface area contributed by atoms with Gasteiger partial charge in [0, 0.05) is 0 Å². The summed E-state index contributed by atoms with van der Waals surface area (Å²) in [6.45, 7) is 3.43. The van der Waals surface area contributed by atoms with Gasteiger partial charge in [0.1, 0.15) is 11.7 Å². The van der Waals surface area contributed by atoms with E-state index in [1.807, 2.05) is 13.8 Å². The van der Waals surface area contributed by atoms with Crippen molar-refractivity contribution in [2.45, 2.75) is 25.9 Å². The Bertz CT molecular complexity index is 343. The minimum Gasteiger partial charge on any atom is -0.491 e. The molecule has 88 valence electrons. The van der Waals surface area contributed by atoms with Gasteiger partial charge in [0.15, 0.2) is 0 Å². The summed E-state index contributed by atoms with van der Waals surface area (Å²) in [6, 6.07) is 6.74. The third kappa shape index (κ3) is 3.24. The lowest BCUT2D eigenvalue weighted by molar-refractivity contribution is -0.139. The van der Waals surface area contributed by atoms with Crippen LogP contribution in [0.4, 0.5) is 0 Å². The maximum Gasteiger partial charge on any atom is 0.313 e. The van der Waals surface area contributed by atoms with E-state index in [0.29, 0.717) is 11.3 Å². The zero-order chi connectivity index (χ0) is 12.1. The predicted octanol–water partition coefficient (Wildman–Crippen LogP) is 1.63. The van der Waals surface area contributed by atoms with Gasteiger partial charge in [-0.2, -0.15) is 0 Å². The van der Waals surface area contributed by atoms with Crippen LogP contribution in [0.5, 0.6) is 5.75 Å². The number of rotatable bonds is 5. The summed E-state index contributed by atoms with van der Waals surface area (Å²) in [7, 11) is 0. The van der Waals surface area contributed by atoms with Gasteiger partial charge in [-0.25, -0.2) is 0 Å². The zero-order valence-corrected chi connectivity index (χ0v) is 9.38. The second-order valence-electron chi connectivity index (χ2n) is 3.81. The number of aliphatic carboxylic acids is 1. The molecule has 2 N–H and O–H groups in total. The van der Waals surface area contributed by atoms with Crippen molar-refractivity contribution >= 4 is 5.97 Å². The molecular weight excluding hydrogens is 208 g/mol. The van der Waals surface area contributed by atoms with Crippen molar-refractivity contribution in [3.05, 3.63) is 29.8 Å². The van der Waals surface area contributed by atoms with Crippen molar-refractivity contribution in [2.24, 2.45) is 0 Å². The molecule has 4 nitrogen and oxygen atoms in total. The van der Waals surface area contributed by atoms with Gasteiger partial charge < -0.3 is 14.9 Å². The van der Waals surface area contributed by atoms with Crippen molar-refractivity contribution in [3.8, 4) is 5.75 Å². The van der Waals surface area contributed by atoms with Crippen LogP contribution >= 0.6 is 0 Å². The summed E-state index contributed by atoms with van der Waals surface area (Å²) in [5.74, 6) is -1.20. The van der Waals surface area contributed by atoms with Crippen LogP contribution in [0.3, 0.4) is 0 Å². The lowest BCUT2D eigenvalue weighted by atomic mass is 10.0. The van der Waals surface area contributed by atoms with Crippen LogP contribution in [-0.2, 0) is 4.79 Å². The van der Waals surface area contributed by atoms with Gasteiger partial charge in [-0.1, -0.05) is 12.1 Å². The number of carboxylic acid groups (broad SMARTS) is 1. The van der Waals surface area contributed by atoms with Gasteiger partial charge >= 0.3 is 5.97 Å². The topological polar surface area (TPSA) is 66.8 Å². The second kappa shape index (κ2) is 5.51. The normalized spacial score (nSPS) is 12.5. The van der Waals surface area contributed by atoms with E-state index in [0.717, 1.165) is 0 Å². The van der Waals surface area contributed by atoms with Crippen molar-refractivity contribution in [2.75, 3.05) is 6.61 Å². The molecule has 0 heterocycles. The molecule has 16 heavy (non-hydrogen) atoms. The highest BCUT2D eigenvalue weighted by Crippen LogP contribution is 2.20. The van der Waals surface area contributed by atoms with Crippen LogP contribution in [0.15, 0.2) is 24.3 Å². The van der Waals surface area contributed by atoms with E-state index >= 15 is 0 Å². The van der Waals surface area contributed by atoms with Gasteiger partial charge in [0.2, 0.25) is 0 Å². The summed E-state index contributed by atoms with van der Waals surface area (Å²) in [6.07, 6.45) is 0.0824. The number of hydrogen-bond donors (Lipinski definition) is 2. The predicted molar refractivity (Wildman–Crippen MR) is 59.7 cm³/mol. The van der Waals surface area contributed by atoms with Gasteiger partial charge in [0.25, 0.3) is 0 Å². The molecule has 0 saturated carbocycles. The van der Waals surface area contributed by atoms with Gasteiger partial charge in [-0.05, 0) is 31.5 Å². The molecule has 0 saturated heterocycles. The Kier molecular flexibility index (Phi) is 4.31. The van der Waals surface area contributed by atoms with Gasteiger partial charge in [0.05, 0.1) is 12.7 Å². The average molecular weight is 224 g/mol. The molecule has 0 bridgehead atoms.